The maximum Gasteiger partial charge on any atom is 0.193 e. The number of aromatic nitrogens is 5. The van der Waals surface area contributed by atoms with Gasteiger partial charge in [0.2, 0.25) is 0 Å². The molecule has 4 rings (SSSR count). The molecule has 9 heteroatoms. The zero-order valence-corrected chi connectivity index (χ0v) is 19.9. The molecule has 2 aliphatic rings. The fourth-order valence-electron chi connectivity index (χ4n) is 4.29. The second-order valence-electron chi connectivity index (χ2n) is 7.86. The van der Waals surface area contributed by atoms with Crippen LogP contribution in [0, 0.1) is 0 Å². The normalized spacial score (nSPS) is 19.6. The van der Waals surface area contributed by atoms with Crippen LogP contribution in [0.5, 0.6) is 0 Å². The lowest BCUT2D eigenvalue weighted by Gasteiger charge is -2.21. The lowest BCUT2D eigenvalue weighted by molar-refractivity contribution is 0.485. The van der Waals surface area contributed by atoms with Gasteiger partial charge in [0.15, 0.2) is 5.96 Å². The molecule has 1 N–H and O–H groups in total. The summed E-state index contributed by atoms with van der Waals surface area (Å²) in [4.78, 5) is 7.29. The largest absolute Gasteiger partial charge is 0.357 e. The van der Waals surface area contributed by atoms with Gasteiger partial charge in [-0.05, 0) is 31.7 Å². The molecule has 0 radical (unpaired) electrons. The van der Waals surface area contributed by atoms with Crippen molar-refractivity contribution < 1.29 is 0 Å². The Bertz CT molecular complexity index is 811. The van der Waals surface area contributed by atoms with Crippen LogP contribution < -0.4 is 5.32 Å². The van der Waals surface area contributed by atoms with Crippen molar-refractivity contribution in [1.82, 2.24) is 34.8 Å². The highest BCUT2D eigenvalue weighted by Crippen LogP contribution is 2.26. The number of likely N-dealkylation sites (tertiary alicyclic amines) is 1. The molecule has 2 aromatic heterocycles. The van der Waals surface area contributed by atoms with Gasteiger partial charge in [0.05, 0.1) is 6.20 Å². The van der Waals surface area contributed by atoms with Crippen molar-refractivity contribution in [2.45, 2.75) is 57.9 Å². The van der Waals surface area contributed by atoms with E-state index in [2.05, 4.69) is 43.2 Å². The third-order valence-electron chi connectivity index (χ3n) is 5.80. The number of nitrogens with one attached hydrogen (secondary N) is 1. The molecule has 1 atom stereocenters. The summed E-state index contributed by atoms with van der Waals surface area (Å²) in [5.41, 5.74) is 1.33. The van der Waals surface area contributed by atoms with Gasteiger partial charge in [-0.15, -0.1) is 34.2 Å². The number of aryl methyl sites for hydroxylation is 2. The fourth-order valence-corrected chi connectivity index (χ4v) is 4.29. The Morgan fingerprint density at radius 1 is 1.24 bits per heavy atom. The topological polar surface area (TPSA) is 76.2 Å². The number of rotatable bonds is 5. The summed E-state index contributed by atoms with van der Waals surface area (Å²) in [6, 6.07) is 0. The SMILES string of the molecule is CCNC(=NCCc1nnc2n1CCCCC2)N1CCC(c2cnn(C)c2)C1.I. The van der Waals surface area contributed by atoms with Crippen molar-refractivity contribution in [3.63, 3.8) is 0 Å². The number of guanidine groups is 1. The summed E-state index contributed by atoms with van der Waals surface area (Å²) in [7, 11) is 1.98. The van der Waals surface area contributed by atoms with Crippen molar-refractivity contribution in [2.24, 2.45) is 12.0 Å². The van der Waals surface area contributed by atoms with E-state index in [1.807, 2.05) is 17.9 Å². The first kappa shape index (κ1) is 22.0. The van der Waals surface area contributed by atoms with Crippen LogP contribution in [0.1, 0.15) is 55.7 Å². The Kier molecular flexibility index (Phi) is 7.91. The molecule has 2 aromatic rings. The zero-order chi connectivity index (χ0) is 19.3. The Morgan fingerprint density at radius 2 is 2.14 bits per heavy atom. The monoisotopic (exact) mass is 512 g/mol. The quantitative estimate of drug-likeness (QED) is 0.378. The zero-order valence-electron chi connectivity index (χ0n) is 17.5. The minimum atomic E-state index is 0. The van der Waals surface area contributed by atoms with Crippen LogP contribution in [-0.2, 0) is 26.4 Å². The maximum absolute atomic E-state index is 4.91. The molecular weight excluding hydrogens is 479 g/mol. The number of halogens is 1. The molecule has 2 aliphatic heterocycles. The van der Waals surface area contributed by atoms with Crippen molar-refractivity contribution in [3.8, 4) is 0 Å². The Morgan fingerprint density at radius 3 is 2.93 bits per heavy atom. The molecular formula is C20H33IN8. The van der Waals surface area contributed by atoms with Crippen LogP contribution in [-0.4, -0.2) is 61.6 Å². The van der Waals surface area contributed by atoms with Gasteiger partial charge < -0.3 is 14.8 Å². The van der Waals surface area contributed by atoms with E-state index in [1.165, 1.54) is 24.8 Å². The molecule has 8 nitrogen and oxygen atoms in total. The predicted molar refractivity (Wildman–Crippen MR) is 125 cm³/mol. The average Bonchev–Trinajstić information content (AvgIpc) is 3.39. The van der Waals surface area contributed by atoms with E-state index in [1.54, 1.807) is 0 Å². The van der Waals surface area contributed by atoms with E-state index in [0.717, 1.165) is 69.6 Å². The average molecular weight is 512 g/mol. The number of nitrogens with zero attached hydrogens (tertiary/aromatic N) is 7. The van der Waals surface area contributed by atoms with Gasteiger partial charge in [-0.2, -0.15) is 5.10 Å². The number of aliphatic imine (C=N–C) groups is 1. The van der Waals surface area contributed by atoms with E-state index in [4.69, 9.17) is 4.99 Å². The van der Waals surface area contributed by atoms with Crippen LogP contribution in [0.25, 0.3) is 0 Å². The number of hydrogen-bond donors (Lipinski definition) is 1. The molecule has 0 saturated carbocycles. The van der Waals surface area contributed by atoms with Gasteiger partial charge in [-0.3, -0.25) is 9.67 Å². The highest BCUT2D eigenvalue weighted by atomic mass is 127. The highest BCUT2D eigenvalue weighted by molar-refractivity contribution is 14.0. The van der Waals surface area contributed by atoms with E-state index >= 15 is 0 Å². The van der Waals surface area contributed by atoms with Gasteiger partial charge in [0, 0.05) is 64.7 Å². The molecule has 1 unspecified atom stereocenters. The second kappa shape index (κ2) is 10.4. The molecule has 0 bridgehead atoms. The van der Waals surface area contributed by atoms with E-state index in [-0.39, 0.29) is 24.0 Å². The maximum atomic E-state index is 4.91. The van der Waals surface area contributed by atoms with E-state index < -0.39 is 0 Å². The number of fused-ring (bicyclic) bond motifs is 1. The molecule has 1 fully saturated rings. The van der Waals surface area contributed by atoms with E-state index in [9.17, 15) is 0 Å². The van der Waals surface area contributed by atoms with Crippen molar-refractivity contribution in [3.05, 3.63) is 29.6 Å². The van der Waals surface area contributed by atoms with Crippen LogP contribution >= 0.6 is 24.0 Å². The summed E-state index contributed by atoms with van der Waals surface area (Å²) in [6.07, 6.45) is 10.9. The molecule has 0 aliphatic carbocycles. The first-order chi connectivity index (χ1) is 13.7. The van der Waals surface area contributed by atoms with E-state index in [0.29, 0.717) is 5.92 Å². The minimum absolute atomic E-state index is 0. The van der Waals surface area contributed by atoms with Gasteiger partial charge in [-0.1, -0.05) is 6.42 Å². The van der Waals surface area contributed by atoms with Crippen LogP contribution in [0.4, 0.5) is 0 Å². The standard InChI is InChI=1S/C20H32N8.HI/c1-3-21-20(27-12-9-16(15-27)17-13-23-26(2)14-17)22-10-8-19-25-24-18-7-5-4-6-11-28(18)19;/h13-14,16H,3-12,15H2,1-2H3,(H,21,22);1H. The first-order valence-electron chi connectivity index (χ1n) is 10.7. The number of hydrogen-bond acceptors (Lipinski definition) is 4. The third kappa shape index (κ3) is 5.29. The van der Waals surface area contributed by atoms with Gasteiger partial charge >= 0.3 is 0 Å². The lowest BCUT2D eigenvalue weighted by Crippen LogP contribution is -2.40. The Hall–Kier alpha value is -1.65. The van der Waals surface area contributed by atoms with Crippen molar-refractivity contribution in [1.29, 1.82) is 0 Å². The summed E-state index contributed by atoms with van der Waals surface area (Å²) < 4.78 is 4.21. The smallest absolute Gasteiger partial charge is 0.193 e. The van der Waals surface area contributed by atoms with Crippen LogP contribution in [0.2, 0.25) is 0 Å². The molecule has 4 heterocycles. The predicted octanol–water partition coefficient (Wildman–Crippen LogP) is 2.35. The van der Waals surface area contributed by atoms with Crippen molar-refractivity contribution >= 4 is 29.9 Å². The van der Waals surface area contributed by atoms with Gasteiger partial charge in [0.25, 0.3) is 0 Å². The third-order valence-corrected chi connectivity index (χ3v) is 5.80. The molecule has 160 valence electrons. The first-order valence-corrected chi connectivity index (χ1v) is 10.7. The Balaban J connectivity index is 0.00000240. The van der Waals surface area contributed by atoms with Gasteiger partial charge in [0.1, 0.15) is 11.6 Å². The Labute approximate surface area is 190 Å². The molecule has 0 aromatic carbocycles. The van der Waals surface area contributed by atoms with Crippen LogP contribution in [0.15, 0.2) is 17.4 Å². The summed E-state index contributed by atoms with van der Waals surface area (Å²) in [6.45, 7) is 6.84. The summed E-state index contributed by atoms with van der Waals surface area (Å²) >= 11 is 0. The second-order valence-corrected chi connectivity index (χ2v) is 7.86. The lowest BCUT2D eigenvalue weighted by atomic mass is 10.0. The van der Waals surface area contributed by atoms with Gasteiger partial charge in [-0.25, -0.2) is 0 Å². The molecule has 29 heavy (non-hydrogen) atoms. The molecule has 0 amide bonds. The summed E-state index contributed by atoms with van der Waals surface area (Å²) in [5.74, 6) is 3.79. The van der Waals surface area contributed by atoms with Crippen LogP contribution in [0.3, 0.4) is 0 Å². The van der Waals surface area contributed by atoms with Crippen molar-refractivity contribution in [2.75, 3.05) is 26.2 Å². The highest BCUT2D eigenvalue weighted by Gasteiger charge is 2.27. The fraction of sp³-hybridized carbons (Fsp3) is 0.700. The molecule has 0 spiro atoms. The minimum Gasteiger partial charge on any atom is -0.357 e. The molecule has 1 saturated heterocycles. The summed E-state index contributed by atoms with van der Waals surface area (Å²) in [5, 5.41) is 16.6.